The van der Waals surface area contributed by atoms with E-state index >= 15 is 0 Å². The van der Waals surface area contributed by atoms with E-state index in [-0.39, 0.29) is 11.5 Å². The summed E-state index contributed by atoms with van der Waals surface area (Å²) < 4.78 is 0. The number of piperidine rings is 1. The van der Waals surface area contributed by atoms with Gasteiger partial charge in [0, 0.05) is 63.2 Å². The predicted molar refractivity (Wildman–Crippen MR) is 110 cm³/mol. The number of likely N-dealkylation sites (tertiary alicyclic amines) is 1. The maximum absolute atomic E-state index is 12.5. The molecule has 0 spiro atoms. The molecule has 1 fully saturated rings. The molecule has 1 aliphatic rings. The Balaban J connectivity index is 1.43. The lowest BCUT2D eigenvalue weighted by Crippen LogP contribution is -2.37. The molecule has 2 N–H and O–H groups in total. The van der Waals surface area contributed by atoms with Crippen LogP contribution in [-0.4, -0.2) is 57.3 Å². The van der Waals surface area contributed by atoms with Crippen LogP contribution in [0.3, 0.4) is 0 Å². The van der Waals surface area contributed by atoms with E-state index in [9.17, 15) is 14.4 Å². The number of aromatic amines is 2. The number of hydrogen-bond acceptors (Lipinski definition) is 5. The van der Waals surface area contributed by atoms with E-state index in [2.05, 4.69) is 19.9 Å². The van der Waals surface area contributed by atoms with E-state index in [0.29, 0.717) is 31.1 Å². The van der Waals surface area contributed by atoms with E-state index in [0.717, 1.165) is 44.5 Å². The smallest absolute Gasteiger partial charge is 0.325 e. The fourth-order valence-electron chi connectivity index (χ4n) is 3.85. The molecule has 1 atom stereocenters. The van der Waals surface area contributed by atoms with Gasteiger partial charge in [0.25, 0.3) is 5.56 Å². The average molecular weight is 399 g/mol. The molecule has 0 saturated carbocycles. The van der Waals surface area contributed by atoms with Gasteiger partial charge in [0.2, 0.25) is 5.91 Å². The van der Waals surface area contributed by atoms with Gasteiger partial charge in [0.1, 0.15) is 0 Å². The summed E-state index contributed by atoms with van der Waals surface area (Å²) in [6, 6.07) is 7.26. The molecule has 1 saturated heterocycles. The molecule has 0 aliphatic carbocycles. The first-order valence-electron chi connectivity index (χ1n) is 10.2. The van der Waals surface area contributed by atoms with Crippen LogP contribution < -0.4 is 11.2 Å². The second-order valence-electron chi connectivity index (χ2n) is 7.78. The molecule has 0 bridgehead atoms. The number of likely N-dealkylation sites (N-methyl/N-ethyl adjacent to an activating group) is 1. The summed E-state index contributed by atoms with van der Waals surface area (Å²) in [5.41, 5.74) is 0.773. The van der Waals surface area contributed by atoms with Gasteiger partial charge in [-0.25, -0.2) is 4.79 Å². The van der Waals surface area contributed by atoms with E-state index in [1.54, 1.807) is 11.1 Å². The first-order chi connectivity index (χ1) is 14.0. The Morgan fingerprint density at radius 2 is 2.17 bits per heavy atom. The van der Waals surface area contributed by atoms with Gasteiger partial charge in [-0.3, -0.25) is 24.5 Å². The van der Waals surface area contributed by atoms with Crippen LogP contribution in [0.25, 0.3) is 0 Å². The van der Waals surface area contributed by atoms with E-state index in [1.807, 2.05) is 25.2 Å². The summed E-state index contributed by atoms with van der Waals surface area (Å²) in [5, 5.41) is 0. The van der Waals surface area contributed by atoms with Crippen LogP contribution in [0.15, 0.2) is 40.1 Å². The monoisotopic (exact) mass is 399 g/mol. The lowest BCUT2D eigenvalue weighted by atomic mass is 9.93. The topological polar surface area (TPSA) is 102 Å². The van der Waals surface area contributed by atoms with Crippen LogP contribution in [0.5, 0.6) is 0 Å². The summed E-state index contributed by atoms with van der Waals surface area (Å²) in [6.45, 7) is 3.03. The Morgan fingerprint density at radius 3 is 2.93 bits per heavy atom. The van der Waals surface area contributed by atoms with Crippen molar-refractivity contribution in [3.63, 3.8) is 0 Å². The highest BCUT2D eigenvalue weighted by molar-refractivity contribution is 5.75. The van der Waals surface area contributed by atoms with E-state index in [1.165, 1.54) is 6.07 Å². The second kappa shape index (κ2) is 10.2. The number of H-pyrrole nitrogens is 2. The van der Waals surface area contributed by atoms with Crippen molar-refractivity contribution in [3.05, 3.63) is 62.7 Å². The Hall–Kier alpha value is -2.74. The molecule has 0 aromatic carbocycles. The molecule has 29 heavy (non-hydrogen) atoms. The maximum Gasteiger partial charge on any atom is 0.325 e. The molecule has 0 radical (unpaired) electrons. The standard InChI is InChI=1S/C21H29N5O3/c1-25(12-9-17-6-2-3-10-22-17)20(28)8-7-16-5-4-11-26(14-16)15-18-13-19(27)24-21(29)23-18/h2-3,6,10,13,16H,4-5,7-9,11-12,14-15H2,1H3,(H2,23,24,27,29). The average Bonchev–Trinajstić information content (AvgIpc) is 2.70. The lowest BCUT2D eigenvalue weighted by Gasteiger charge is -2.32. The van der Waals surface area contributed by atoms with E-state index in [4.69, 9.17) is 0 Å². The molecule has 2 aromatic heterocycles. The van der Waals surface area contributed by atoms with Crippen molar-refractivity contribution in [1.82, 2.24) is 24.8 Å². The molecule has 1 aliphatic heterocycles. The predicted octanol–water partition coefficient (Wildman–Crippen LogP) is 1.15. The largest absolute Gasteiger partial charge is 0.345 e. The first kappa shape index (κ1) is 21.0. The van der Waals surface area contributed by atoms with Crippen molar-refractivity contribution in [1.29, 1.82) is 0 Å². The van der Waals surface area contributed by atoms with Crippen molar-refractivity contribution in [2.45, 2.75) is 38.6 Å². The summed E-state index contributed by atoms with van der Waals surface area (Å²) in [5.74, 6) is 0.614. The van der Waals surface area contributed by atoms with Gasteiger partial charge in [-0.05, 0) is 43.9 Å². The Kier molecular flexibility index (Phi) is 7.35. The van der Waals surface area contributed by atoms with Gasteiger partial charge in [-0.1, -0.05) is 6.07 Å². The minimum Gasteiger partial charge on any atom is -0.345 e. The third kappa shape index (κ3) is 6.67. The SMILES string of the molecule is CN(CCc1ccccn1)C(=O)CCC1CCCN(Cc2cc(=O)[nH]c(=O)[nH]2)C1. The van der Waals surface area contributed by atoms with Crippen molar-refractivity contribution in [3.8, 4) is 0 Å². The van der Waals surface area contributed by atoms with Crippen molar-refractivity contribution in [2.75, 3.05) is 26.7 Å². The molecule has 156 valence electrons. The molecule has 8 heteroatoms. The molecule has 1 unspecified atom stereocenters. The summed E-state index contributed by atoms with van der Waals surface area (Å²) in [6.07, 6.45) is 6.09. The highest BCUT2D eigenvalue weighted by Crippen LogP contribution is 2.22. The number of nitrogens with one attached hydrogen (secondary N) is 2. The Bertz CT molecular complexity index is 880. The van der Waals surface area contributed by atoms with Crippen LogP contribution in [-0.2, 0) is 17.8 Å². The number of pyridine rings is 1. The Labute approximate surface area is 170 Å². The van der Waals surface area contributed by atoms with Crippen LogP contribution in [0.1, 0.15) is 37.1 Å². The van der Waals surface area contributed by atoms with Gasteiger partial charge in [-0.15, -0.1) is 0 Å². The number of carbonyl (C=O) groups is 1. The van der Waals surface area contributed by atoms with Crippen LogP contribution in [0, 0.1) is 5.92 Å². The molecular weight excluding hydrogens is 370 g/mol. The summed E-state index contributed by atoms with van der Waals surface area (Å²) >= 11 is 0. The quantitative estimate of drug-likeness (QED) is 0.693. The minimum atomic E-state index is -0.472. The number of hydrogen-bond donors (Lipinski definition) is 2. The Morgan fingerprint density at radius 1 is 1.31 bits per heavy atom. The number of rotatable bonds is 8. The van der Waals surface area contributed by atoms with Crippen LogP contribution >= 0.6 is 0 Å². The van der Waals surface area contributed by atoms with E-state index < -0.39 is 5.69 Å². The normalized spacial score (nSPS) is 17.2. The van der Waals surface area contributed by atoms with Crippen molar-refractivity contribution >= 4 is 5.91 Å². The maximum atomic E-state index is 12.5. The molecule has 3 heterocycles. The third-order valence-corrected chi connectivity index (χ3v) is 5.43. The van der Waals surface area contributed by atoms with Gasteiger partial charge in [0.05, 0.1) is 0 Å². The van der Waals surface area contributed by atoms with Gasteiger partial charge in [-0.2, -0.15) is 0 Å². The number of amides is 1. The molecule has 2 aromatic rings. The number of nitrogens with zero attached hydrogens (tertiary/aromatic N) is 3. The fourth-order valence-corrected chi connectivity index (χ4v) is 3.85. The van der Waals surface area contributed by atoms with Gasteiger partial charge >= 0.3 is 5.69 Å². The van der Waals surface area contributed by atoms with Gasteiger partial charge < -0.3 is 9.88 Å². The second-order valence-corrected chi connectivity index (χ2v) is 7.78. The third-order valence-electron chi connectivity index (χ3n) is 5.43. The molecule has 3 rings (SSSR count). The zero-order valence-corrected chi connectivity index (χ0v) is 16.9. The van der Waals surface area contributed by atoms with Crippen LogP contribution in [0.2, 0.25) is 0 Å². The highest BCUT2D eigenvalue weighted by Gasteiger charge is 2.21. The highest BCUT2D eigenvalue weighted by atomic mass is 16.2. The number of aromatic nitrogens is 3. The molecule has 8 nitrogen and oxygen atoms in total. The summed E-state index contributed by atoms with van der Waals surface area (Å²) in [4.78, 5) is 48.6. The van der Waals surface area contributed by atoms with Crippen LogP contribution in [0.4, 0.5) is 0 Å². The van der Waals surface area contributed by atoms with Gasteiger partial charge in [0.15, 0.2) is 0 Å². The zero-order chi connectivity index (χ0) is 20.6. The minimum absolute atomic E-state index is 0.164. The fraction of sp³-hybridized carbons (Fsp3) is 0.524. The molecular formula is C21H29N5O3. The number of carbonyl (C=O) groups excluding carboxylic acids is 1. The van der Waals surface area contributed by atoms with Crippen molar-refractivity contribution in [2.24, 2.45) is 5.92 Å². The lowest BCUT2D eigenvalue weighted by molar-refractivity contribution is -0.130. The van der Waals surface area contributed by atoms with Crippen molar-refractivity contribution < 1.29 is 4.79 Å². The first-order valence-corrected chi connectivity index (χ1v) is 10.2. The summed E-state index contributed by atoms with van der Waals surface area (Å²) in [7, 11) is 1.85. The molecule has 1 amide bonds. The zero-order valence-electron chi connectivity index (χ0n) is 16.9.